The average molecular weight is 437 g/mol. The molecule has 6 nitrogen and oxygen atoms in total. The van der Waals surface area contributed by atoms with Gasteiger partial charge in [0.2, 0.25) is 0 Å². The molecule has 7 heteroatoms. The van der Waals surface area contributed by atoms with Crippen LogP contribution in [0.5, 0.6) is 0 Å². The Morgan fingerprint density at radius 3 is 2.19 bits per heavy atom. The van der Waals surface area contributed by atoms with E-state index < -0.39 is 6.03 Å². The van der Waals surface area contributed by atoms with E-state index in [0.29, 0.717) is 21.4 Å². The van der Waals surface area contributed by atoms with E-state index >= 15 is 0 Å². The van der Waals surface area contributed by atoms with Crippen molar-refractivity contribution in [2.24, 2.45) is 0 Å². The third-order valence-electron chi connectivity index (χ3n) is 4.89. The number of thiazole rings is 1. The molecule has 31 heavy (non-hydrogen) atoms. The molecule has 0 atom stereocenters. The van der Waals surface area contributed by atoms with Crippen LogP contribution in [0.3, 0.4) is 0 Å². The first-order chi connectivity index (χ1) is 14.8. The Bertz CT molecular complexity index is 1080. The van der Waals surface area contributed by atoms with Gasteiger partial charge in [0.05, 0.1) is 5.69 Å². The molecule has 0 saturated heterocycles. The number of hydrogen-bond donors (Lipinski definition) is 3. The minimum atomic E-state index is -0.394. The number of benzene rings is 2. The molecule has 3 amide bonds. The first-order valence-electron chi connectivity index (χ1n) is 10.3. The van der Waals surface area contributed by atoms with Crippen LogP contribution in [0, 0.1) is 27.7 Å². The molecular formula is C24H28N4O2S. The Kier molecular flexibility index (Phi) is 7.07. The maximum Gasteiger partial charge on any atom is 0.325 e. The number of amides is 3. The van der Waals surface area contributed by atoms with Crippen molar-refractivity contribution in [3.8, 4) is 0 Å². The number of carbonyl (C=O) groups excluding carboxylic acids is 2. The van der Waals surface area contributed by atoms with E-state index in [2.05, 4.69) is 27.9 Å². The summed E-state index contributed by atoms with van der Waals surface area (Å²) < 4.78 is 0. The standard InChI is InChI=1S/C24H28N4O2S/c1-6-7-18-8-10-19(11-9-18)26-23(30)28-24-25-17(5)21(31-24)22(29)27-20-15(3)12-14(2)13-16(20)4/h8-13H,6-7H2,1-5H3,(H,27,29)(H2,25,26,28,30). The van der Waals surface area contributed by atoms with Crippen molar-refractivity contribution in [1.29, 1.82) is 0 Å². The molecule has 0 radical (unpaired) electrons. The molecule has 2 aromatic carbocycles. The molecule has 3 aromatic rings. The molecule has 1 aromatic heterocycles. The lowest BCUT2D eigenvalue weighted by molar-refractivity contribution is 0.102. The Hall–Kier alpha value is -3.19. The van der Waals surface area contributed by atoms with Gasteiger partial charge in [0.25, 0.3) is 5.91 Å². The molecule has 0 saturated carbocycles. The third-order valence-corrected chi connectivity index (χ3v) is 5.96. The van der Waals surface area contributed by atoms with Crippen LogP contribution in [0.1, 0.15) is 51.0 Å². The number of aryl methyl sites for hydroxylation is 5. The zero-order chi connectivity index (χ0) is 22.5. The topological polar surface area (TPSA) is 83.1 Å². The zero-order valence-electron chi connectivity index (χ0n) is 18.6. The smallest absolute Gasteiger partial charge is 0.321 e. The second kappa shape index (κ2) is 9.75. The van der Waals surface area contributed by atoms with Gasteiger partial charge in [-0.25, -0.2) is 9.78 Å². The van der Waals surface area contributed by atoms with Crippen molar-refractivity contribution >= 4 is 39.8 Å². The average Bonchev–Trinajstić information content (AvgIpc) is 3.06. The van der Waals surface area contributed by atoms with Crippen LogP contribution in [0.2, 0.25) is 0 Å². The highest BCUT2D eigenvalue weighted by Crippen LogP contribution is 2.27. The van der Waals surface area contributed by atoms with Crippen LogP contribution in [0.15, 0.2) is 36.4 Å². The predicted molar refractivity (Wildman–Crippen MR) is 129 cm³/mol. The monoisotopic (exact) mass is 436 g/mol. The number of rotatable bonds is 6. The normalized spacial score (nSPS) is 10.6. The number of aromatic nitrogens is 1. The first kappa shape index (κ1) is 22.5. The molecule has 0 bridgehead atoms. The Labute approximate surface area is 187 Å². The lowest BCUT2D eigenvalue weighted by Gasteiger charge is -2.12. The van der Waals surface area contributed by atoms with Gasteiger partial charge >= 0.3 is 6.03 Å². The number of nitrogens with zero attached hydrogens (tertiary/aromatic N) is 1. The van der Waals surface area contributed by atoms with Gasteiger partial charge < -0.3 is 10.6 Å². The summed E-state index contributed by atoms with van der Waals surface area (Å²) in [4.78, 5) is 30.0. The van der Waals surface area contributed by atoms with Crippen molar-refractivity contribution in [2.45, 2.75) is 47.5 Å². The maximum absolute atomic E-state index is 12.8. The van der Waals surface area contributed by atoms with Crippen LogP contribution in [0.25, 0.3) is 0 Å². The maximum atomic E-state index is 12.8. The fourth-order valence-electron chi connectivity index (χ4n) is 3.51. The molecule has 3 rings (SSSR count). The number of nitrogens with one attached hydrogen (secondary N) is 3. The summed E-state index contributed by atoms with van der Waals surface area (Å²) in [6.07, 6.45) is 2.09. The largest absolute Gasteiger partial charge is 0.325 e. The van der Waals surface area contributed by atoms with E-state index in [-0.39, 0.29) is 5.91 Å². The molecular weight excluding hydrogens is 408 g/mol. The highest BCUT2D eigenvalue weighted by molar-refractivity contribution is 7.17. The summed E-state index contributed by atoms with van der Waals surface area (Å²) in [5.41, 5.74) is 6.49. The molecule has 1 heterocycles. The van der Waals surface area contributed by atoms with Crippen molar-refractivity contribution in [3.05, 3.63) is 69.2 Å². The van der Waals surface area contributed by atoms with E-state index in [1.807, 2.05) is 57.2 Å². The van der Waals surface area contributed by atoms with Gasteiger partial charge in [0.15, 0.2) is 5.13 Å². The van der Waals surface area contributed by atoms with Crippen LogP contribution < -0.4 is 16.0 Å². The number of urea groups is 1. The number of carbonyl (C=O) groups is 2. The molecule has 3 N–H and O–H groups in total. The lowest BCUT2D eigenvalue weighted by atomic mass is 10.1. The van der Waals surface area contributed by atoms with Crippen molar-refractivity contribution in [1.82, 2.24) is 4.98 Å². The highest BCUT2D eigenvalue weighted by Gasteiger charge is 2.18. The SMILES string of the molecule is CCCc1ccc(NC(=O)Nc2nc(C)c(C(=O)Nc3c(C)cc(C)cc3C)s2)cc1. The quantitative estimate of drug-likeness (QED) is 0.428. The second-order valence-electron chi connectivity index (χ2n) is 7.69. The Morgan fingerprint density at radius 1 is 0.935 bits per heavy atom. The summed E-state index contributed by atoms with van der Waals surface area (Å²) in [6, 6.07) is 11.4. The lowest BCUT2D eigenvalue weighted by Crippen LogP contribution is -2.19. The van der Waals surface area contributed by atoms with Crippen molar-refractivity contribution in [3.63, 3.8) is 0 Å². The van der Waals surface area contributed by atoms with E-state index in [1.54, 1.807) is 6.92 Å². The van der Waals surface area contributed by atoms with Gasteiger partial charge in [0.1, 0.15) is 4.88 Å². The minimum Gasteiger partial charge on any atom is -0.321 e. The van der Waals surface area contributed by atoms with Gasteiger partial charge in [-0.05, 0) is 62.9 Å². The predicted octanol–water partition coefficient (Wildman–Crippen LogP) is 6.23. The van der Waals surface area contributed by atoms with Crippen LogP contribution in [0.4, 0.5) is 21.3 Å². The number of hydrogen-bond acceptors (Lipinski definition) is 4. The van der Waals surface area contributed by atoms with Crippen LogP contribution >= 0.6 is 11.3 Å². The van der Waals surface area contributed by atoms with Crippen LogP contribution in [-0.2, 0) is 6.42 Å². The summed E-state index contributed by atoms with van der Waals surface area (Å²) in [7, 11) is 0. The van der Waals surface area contributed by atoms with Crippen LogP contribution in [-0.4, -0.2) is 16.9 Å². The van der Waals surface area contributed by atoms with Gasteiger partial charge in [-0.3, -0.25) is 10.1 Å². The van der Waals surface area contributed by atoms with E-state index in [4.69, 9.17) is 0 Å². The first-order valence-corrected chi connectivity index (χ1v) is 11.1. The molecule has 0 fully saturated rings. The van der Waals surface area contributed by atoms with E-state index in [0.717, 1.165) is 46.6 Å². The van der Waals surface area contributed by atoms with E-state index in [9.17, 15) is 9.59 Å². The molecule has 0 aliphatic carbocycles. The summed E-state index contributed by atoms with van der Waals surface area (Å²) in [5, 5.41) is 8.87. The third kappa shape index (κ3) is 5.70. The molecule has 162 valence electrons. The van der Waals surface area contributed by atoms with Gasteiger partial charge in [-0.2, -0.15) is 0 Å². The summed E-state index contributed by atoms with van der Waals surface area (Å²) in [6.45, 7) is 9.87. The highest BCUT2D eigenvalue weighted by atomic mass is 32.1. The van der Waals surface area contributed by atoms with E-state index in [1.165, 1.54) is 5.56 Å². The van der Waals surface area contributed by atoms with Crippen molar-refractivity contribution < 1.29 is 9.59 Å². The minimum absolute atomic E-state index is 0.231. The second-order valence-corrected chi connectivity index (χ2v) is 8.69. The van der Waals surface area contributed by atoms with Gasteiger partial charge in [-0.15, -0.1) is 0 Å². The van der Waals surface area contributed by atoms with Gasteiger partial charge in [0, 0.05) is 11.4 Å². The number of anilines is 3. The Morgan fingerprint density at radius 2 is 1.58 bits per heavy atom. The molecule has 0 spiro atoms. The van der Waals surface area contributed by atoms with Crippen molar-refractivity contribution in [2.75, 3.05) is 16.0 Å². The fourth-order valence-corrected chi connectivity index (χ4v) is 4.37. The van der Waals surface area contributed by atoms with Gasteiger partial charge in [-0.1, -0.05) is 54.5 Å². The molecule has 0 aliphatic rings. The Balaban J connectivity index is 1.66. The fraction of sp³-hybridized carbons (Fsp3) is 0.292. The summed E-state index contributed by atoms with van der Waals surface area (Å²) in [5.74, 6) is -0.231. The molecule has 0 unspecified atom stereocenters. The molecule has 0 aliphatic heterocycles. The zero-order valence-corrected chi connectivity index (χ0v) is 19.4. The summed E-state index contributed by atoms with van der Waals surface area (Å²) >= 11 is 1.15.